The molecule has 1 aromatic rings. The zero-order chi connectivity index (χ0) is 11.3. The molecular formula is C12H15NO2. The minimum Gasteiger partial charge on any atom is -0.507 e. The van der Waals surface area contributed by atoms with Crippen LogP contribution >= 0.6 is 0 Å². The number of hydrogen-bond acceptors (Lipinski definition) is 2. The Labute approximate surface area is 89.4 Å². The van der Waals surface area contributed by atoms with E-state index in [1.54, 1.807) is 12.2 Å². The van der Waals surface area contributed by atoms with Crippen LogP contribution in [0, 0.1) is 6.92 Å². The highest BCUT2D eigenvalue weighted by molar-refractivity contribution is 5.73. The number of amides is 1. The molecule has 1 rings (SSSR count). The van der Waals surface area contributed by atoms with Crippen LogP contribution in [0.4, 0.5) is 0 Å². The van der Waals surface area contributed by atoms with Gasteiger partial charge in [0.25, 0.3) is 0 Å². The summed E-state index contributed by atoms with van der Waals surface area (Å²) < 4.78 is 0. The minimum absolute atomic E-state index is 0.0619. The molecule has 0 spiro atoms. The highest BCUT2D eigenvalue weighted by Gasteiger charge is 1.98. The summed E-state index contributed by atoms with van der Waals surface area (Å²) in [6.45, 7) is 3.79. The van der Waals surface area contributed by atoms with Gasteiger partial charge in [-0.3, -0.25) is 4.79 Å². The van der Waals surface area contributed by atoms with Crippen LogP contribution < -0.4 is 5.32 Å². The standard InChI is InChI=1S/C12H15NO2/c1-9-5-3-6-11(12(9)15)7-4-8-13-10(2)14/h3-7,15H,8H2,1-2H3,(H,13,14). The number of phenols is 1. The molecule has 0 saturated carbocycles. The summed E-state index contributed by atoms with van der Waals surface area (Å²) >= 11 is 0. The van der Waals surface area contributed by atoms with Gasteiger partial charge in [0.2, 0.25) is 5.91 Å². The van der Waals surface area contributed by atoms with Crippen LogP contribution in [0.5, 0.6) is 5.75 Å². The largest absolute Gasteiger partial charge is 0.507 e. The Bertz CT molecular complexity index is 383. The normalized spacial score (nSPS) is 10.5. The second-order valence-electron chi connectivity index (χ2n) is 3.35. The molecule has 0 unspecified atom stereocenters. The van der Waals surface area contributed by atoms with E-state index in [0.29, 0.717) is 6.54 Å². The number of carbonyl (C=O) groups excluding carboxylic acids is 1. The van der Waals surface area contributed by atoms with Gasteiger partial charge in [-0.05, 0) is 12.5 Å². The molecule has 1 aromatic carbocycles. The van der Waals surface area contributed by atoms with Crippen LogP contribution in [0.1, 0.15) is 18.1 Å². The Balaban J connectivity index is 2.64. The third kappa shape index (κ3) is 3.46. The van der Waals surface area contributed by atoms with Gasteiger partial charge >= 0.3 is 0 Å². The van der Waals surface area contributed by atoms with Gasteiger partial charge in [-0.2, -0.15) is 0 Å². The molecule has 3 nitrogen and oxygen atoms in total. The van der Waals surface area contributed by atoms with Crippen molar-refractivity contribution in [1.82, 2.24) is 5.32 Å². The molecule has 3 heteroatoms. The molecular weight excluding hydrogens is 190 g/mol. The number of nitrogens with one attached hydrogen (secondary N) is 1. The van der Waals surface area contributed by atoms with Crippen molar-refractivity contribution in [2.45, 2.75) is 13.8 Å². The van der Waals surface area contributed by atoms with Crippen molar-refractivity contribution in [2.24, 2.45) is 0 Å². The number of aryl methyl sites for hydroxylation is 1. The Morgan fingerprint density at radius 3 is 2.93 bits per heavy atom. The molecule has 0 aliphatic heterocycles. The van der Waals surface area contributed by atoms with Crippen molar-refractivity contribution in [3.63, 3.8) is 0 Å². The lowest BCUT2D eigenvalue weighted by molar-refractivity contribution is -0.118. The lowest BCUT2D eigenvalue weighted by Crippen LogP contribution is -2.19. The van der Waals surface area contributed by atoms with E-state index in [1.165, 1.54) is 6.92 Å². The summed E-state index contributed by atoms with van der Waals surface area (Å²) in [6, 6.07) is 5.56. The van der Waals surface area contributed by atoms with Gasteiger partial charge in [0, 0.05) is 19.0 Å². The van der Waals surface area contributed by atoms with Crippen molar-refractivity contribution in [3.05, 3.63) is 35.4 Å². The number of carbonyl (C=O) groups is 1. The summed E-state index contributed by atoms with van der Waals surface area (Å²) in [5, 5.41) is 12.3. The van der Waals surface area contributed by atoms with Crippen molar-refractivity contribution in [3.8, 4) is 5.75 Å². The summed E-state index contributed by atoms with van der Waals surface area (Å²) in [7, 11) is 0. The first kappa shape index (κ1) is 11.3. The monoisotopic (exact) mass is 205 g/mol. The zero-order valence-electron chi connectivity index (χ0n) is 8.95. The van der Waals surface area contributed by atoms with Gasteiger partial charge in [-0.1, -0.05) is 30.4 Å². The van der Waals surface area contributed by atoms with E-state index in [2.05, 4.69) is 5.32 Å². The third-order valence-electron chi connectivity index (χ3n) is 2.04. The Morgan fingerprint density at radius 1 is 1.53 bits per heavy atom. The average molecular weight is 205 g/mol. The number of hydrogen-bond donors (Lipinski definition) is 2. The van der Waals surface area contributed by atoms with Crippen molar-refractivity contribution < 1.29 is 9.90 Å². The van der Waals surface area contributed by atoms with Crippen LogP contribution in [-0.2, 0) is 4.79 Å². The number of phenolic OH excluding ortho intramolecular Hbond substituents is 1. The lowest BCUT2D eigenvalue weighted by Gasteiger charge is -2.02. The van der Waals surface area contributed by atoms with Crippen molar-refractivity contribution in [2.75, 3.05) is 6.54 Å². The molecule has 0 saturated heterocycles. The first-order valence-electron chi connectivity index (χ1n) is 4.81. The molecule has 0 fully saturated rings. The van der Waals surface area contributed by atoms with Crippen LogP contribution in [0.2, 0.25) is 0 Å². The highest BCUT2D eigenvalue weighted by Crippen LogP contribution is 2.22. The second kappa shape index (κ2) is 5.20. The summed E-state index contributed by atoms with van der Waals surface area (Å²) in [4.78, 5) is 10.6. The maximum absolute atomic E-state index is 10.6. The van der Waals surface area contributed by atoms with E-state index in [-0.39, 0.29) is 11.7 Å². The van der Waals surface area contributed by atoms with Gasteiger partial charge < -0.3 is 10.4 Å². The first-order valence-corrected chi connectivity index (χ1v) is 4.81. The molecule has 2 N–H and O–H groups in total. The third-order valence-corrected chi connectivity index (χ3v) is 2.04. The van der Waals surface area contributed by atoms with Crippen LogP contribution in [0.15, 0.2) is 24.3 Å². The second-order valence-corrected chi connectivity index (χ2v) is 3.35. The van der Waals surface area contributed by atoms with E-state index in [1.807, 2.05) is 25.1 Å². The van der Waals surface area contributed by atoms with E-state index in [0.717, 1.165) is 11.1 Å². The Kier molecular flexibility index (Phi) is 3.92. The fourth-order valence-corrected chi connectivity index (χ4v) is 1.20. The van der Waals surface area contributed by atoms with Crippen molar-refractivity contribution >= 4 is 12.0 Å². The molecule has 0 aliphatic rings. The van der Waals surface area contributed by atoms with Gasteiger partial charge in [-0.15, -0.1) is 0 Å². The quantitative estimate of drug-likeness (QED) is 0.791. The fraction of sp³-hybridized carbons (Fsp3) is 0.250. The zero-order valence-corrected chi connectivity index (χ0v) is 8.95. The van der Waals surface area contributed by atoms with E-state index in [9.17, 15) is 9.90 Å². The predicted molar refractivity (Wildman–Crippen MR) is 60.6 cm³/mol. The van der Waals surface area contributed by atoms with E-state index in [4.69, 9.17) is 0 Å². The minimum atomic E-state index is -0.0619. The number of benzene rings is 1. The summed E-state index contributed by atoms with van der Waals surface area (Å²) in [5.74, 6) is 0.227. The lowest BCUT2D eigenvalue weighted by atomic mass is 10.1. The van der Waals surface area contributed by atoms with Gasteiger partial charge in [0.15, 0.2) is 0 Å². The highest BCUT2D eigenvalue weighted by atomic mass is 16.3. The van der Waals surface area contributed by atoms with Gasteiger partial charge in [0.1, 0.15) is 5.75 Å². The molecule has 80 valence electrons. The molecule has 0 aromatic heterocycles. The molecule has 0 radical (unpaired) electrons. The molecule has 0 heterocycles. The van der Waals surface area contributed by atoms with Crippen LogP contribution in [0.25, 0.3) is 6.08 Å². The maximum atomic E-state index is 10.6. The molecule has 0 atom stereocenters. The average Bonchev–Trinajstić information content (AvgIpc) is 2.18. The predicted octanol–water partition coefficient (Wildman–Crippen LogP) is 1.85. The fourth-order valence-electron chi connectivity index (χ4n) is 1.20. The molecule has 15 heavy (non-hydrogen) atoms. The summed E-state index contributed by atoms with van der Waals surface area (Å²) in [5.41, 5.74) is 1.61. The molecule has 0 aliphatic carbocycles. The van der Waals surface area contributed by atoms with E-state index < -0.39 is 0 Å². The first-order chi connectivity index (χ1) is 7.11. The summed E-state index contributed by atoms with van der Waals surface area (Å²) in [6.07, 6.45) is 3.59. The van der Waals surface area contributed by atoms with Gasteiger partial charge in [-0.25, -0.2) is 0 Å². The van der Waals surface area contributed by atoms with Gasteiger partial charge in [0.05, 0.1) is 0 Å². The molecule has 0 bridgehead atoms. The molecule has 1 amide bonds. The SMILES string of the molecule is CC(=O)NCC=Cc1cccc(C)c1O. The number of rotatable bonds is 3. The van der Waals surface area contributed by atoms with Crippen LogP contribution in [-0.4, -0.2) is 17.6 Å². The van der Waals surface area contributed by atoms with Crippen molar-refractivity contribution in [1.29, 1.82) is 0 Å². The Morgan fingerprint density at radius 2 is 2.27 bits per heavy atom. The number of para-hydroxylation sites is 1. The smallest absolute Gasteiger partial charge is 0.217 e. The van der Waals surface area contributed by atoms with E-state index >= 15 is 0 Å². The van der Waals surface area contributed by atoms with Crippen LogP contribution in [0.3, 0.4) is 0 Å². The Hall–Kier alpha value is -1.77. The number of aromatic hydroxyl groups is 1. The maximum Gasteiger partial charge on any atom is 0.217 e. The topological polar surface area (TPSA) is 49.3 Å².